The Morgan fingerprint density at radius 3 is 2.37 bits per heavy atom. The summed E-state index contributed by atoms with van der Waals surface area (Å²) >= 11 is 0. The largest absolute Gasteiger partial charge is 0.383 e. The van der Waals surface area contributed by atoms with Crippen molar-refractivity contribution in [1.29, 1.82) is 0 Å². The van der Waals surface area contributed by atoms with E-state index >= 15 is 0 Å². The monoisotopic (exact) mass is 408 g/mol. The fourth-order valence-corrected chi connectivity index (χ4v) is 4.53. The zero-order valence-electron chi connectivity index (χ0n) is 17.6. The minimum absolute atomic E-state index is 0.000507. The smallest absolute Gasteiger partial charge is 0.238 e. The zero-order valence-corrected chi connectivity index (χ0v) is 17.6. The maximum Gasteiger partial charge on any atom is 0.238 e. The number of rotatable bonds is 5. The molecule has 2 fully saturated rings. The number of anilines is 2. The standard InChI is InChI=1S/C24H32N4O2/c29-23(19-27-17-12-24(30,13-18-27)22-11-5-6-14-25-22)26-20-9-3-4-10-21(20)28-15-7-1-2-8-16-28/h3-6,9-11,14,30H,1-2,7-8,12-13,15-19H2,(H,26,29). The summed E-state index contributed by atoms with van der Waals surface area (Å²) in [7, 11) is 0. The lowest BCUT2D eigenvalue weighted by molar-refractivity contribution is -0.118. The number of likely N-dealkylation sites (tertiary alicyclic amines) is 1. The van der Waals surface area contributed by atoms with Gasteiger partial charge in [-0.1, -0.05) is 31.0 Å². The summed E-state index contributed by atoms with van der Waals surface area (Å²) in [6.45, 7) is 3.78. The van der Waals surface area contributed by atoms with Crippen LogP contribution in [0, 0.1) is 0 Å². The van der Waals surface area contributed by atoms with Crippen LogP contribution in [0.4, 0.5) is 11.4 Å². The summed E-state index contributed by atoms with van der Waals surface area (Å²) in [5.41, 5.74) is 1.84. The molecule has 160 valence electrons. The second-order valence-corrected chi connectivity index (χ2v) is 8.49. The molecule has 0 radical (unpaired) electrons. The first-order valence-electron chi connectivity index (χ1n) is 11.1. The highest BCUT2D eigenvalue weighted by molar-refractivity contribution is 5.95. The van der Waals surface area contributed by atoms with Crippen LogP contribution in [0.25, 0.3) is 0 Å². The molecular formula is C24H32N4O2. The van der Waals surface area contributed by atoms with Crippen molar-refractivity contribution in [3.05, 3.63) is 54.4 Å². The van der Waals surface area contributed by atoms with Crippen LogP contribution >= 0.6 is 0 Å². The minimum atomic E-state index is -0.895. The molecule has 6 heteroatoms. The number of amides is 1. The minimum Gasteiger partial charge on any atom is -0.383 e. The van der Waals surface area contributed by atoms with Crippen molar-refractivity contribution in [3.63, 3.8) is 0 Å². The Morgan fingerprint density at radius 1 is 0.967 bits per heavy atom. The van der Waals surface area contributed by atoms with Crippen LogP contribution in [0.5, 0.6) is 0 Å². The highest BCUT2D eigenvalue weighted by Crippen LogP contribution is 2.31. The van der Waals surface area contributed by atoms with Gasteiger partial charge < -0.3 is 15.3 Å². The van der Waals surface area contributed by atoms with Gasteiger partial charge in [-0.15, -0.1) is 0 Å². The summed E-state index contributed by atoms with van der Waals surface area (Å²) in [4.78, 5) is 21.6. The topological polar surface area (TPSA) is 68.7 Å². The first kappa shape index (κ1) is 20.8. The van der Waals surface area contributed by atoms with E-state index in [0.717, 1.165) is 30.2 Å². The van der Waals surface area contributed by atoms with Crippen molar-refractivity contribution < 1.29 is 9.90 Å². The first-order valence-corrected chi connectivity index (χ1v) is 11.1. The molecule has 0 bridgehead atoms. The highest BCUT2D eigenvalue weighted by atomic mass is 16.3. The van der Waals surface area contributed by atoms with Gasteiger partial charge in [-0.25, -0.2) is 0 Å². The average Bonchev–Trinajstić information content (AvgIpc) is 3.06. The van der Waals surface area contributed by atoms with Gasteiger partial charge in [0, 0.05) is 32.4 Å². The second-order valence-electron chi connectivity index (χ2n) is 8.49. The lowest BCUT2D eigenvalue weighted by atomic mass is 9.88. The van der Waals surface area contributed by atoms with E-state index < -0.39 is 5.60 Å². The Hall–Kier alpha value is -2.44. The van der Waals surface area contributed by atoms with Gasteiger partial charge in [-0.05, 0) is 49.9 Å². The van der Waals surface area contributed by atoms with E-state index in [1.165, 1.54) is 25.7 Å². The van der Waals surface area contributed by atoms with Gasteiger partial charge in [0.2, 0.25) is 5.91 Å². The van der Waals surface area contributed by atoms with E-state index in [1.807, 2.05) is 36.4 Å². The maximum atomic E-state index is 12.8. The number of carbonyl (C=O) groups excluding carboxylic acids is 1. The Kier molecular flexibility index (Phi) is 6.65. The number of piperidine rings is 1. The van der Waals surface area contributed by atoms with Gasteiger partial charge in [-0.3, -0.25) is 14.7 Å². The van der Waals surface area contributed by atoms with E-state index in [4.69, 9.17) is 0 Å². The van der Waals surface area contributed by atoms with Gasteiger partial charge in [0.15, 0.2) is 0 Å². The number of benzene rings is 1. The molecule has 0 unspecified atom stereocenters. The number of nitrogens with zero attached hydrogens (tertiary/aromatic N) is 3. The van der Waals surface area contributed by atoms with E-state index in [2.05, 4.69) is 26.2 Å². The zero-order chi connectivity index (χ0) is 20.8. The molecule has 3 heterocycles. The molecule has 2 N–H and O–H groups in total. The van der Waals surface area contributed by atoms with Crippen LogP contribution in [-0.2, 0) is 10.4 Å². The molecule has 1 aromatic carbocycles. The predicted octanol–water partition coefficient (Wildman–Crippen LogP) is 3.38. The highest BCUT2D eigenvalue weighted by Gasteiger charge is 2.35. The summed E-state index contributed by atoms with van der Waals surface area (Å²) in [6, 6.07) is 13.8. The normalized spacial score (nSPS) is 19.8. The number of carbonyl (C=O) groups is 1. The van der Waals surface area contributed by atoms with Crippen LogP contribution in [-0.4, -0.2) is 53.6 Å². The SMILES string of the molecule is O=C(CN1CCC(O)(c2ccccn2)CC1)Nc1ccccc1N1CCCCCC1. The molecule has 4 rings (SSSR count). The summed E-state index contributed by atoms with van der Waals surface area (Å²) in [6.07, 6.45) is 7.86. The predicted molar refractivity (Wildman–Crippen MR) is 120 cm³/mol. The number of aliphatic hydroxyl groups is 1. The third-order valence-electron chi connectivity index (χ3n) is 6.32. The second kappa shape index (κ2) is 9.58. The number of hydrogen-bond acceptors (Lipinski definition) is 5. The quantitative estimate of drug-likeness (QED) is 0.794. The van der Waals surface area contributed by atoms with Gasteiger partial charge in [0.25, 0.3) is 0 Å². The Labute approximate surface area is 178 Å². The van der Waals surface area contributed by atoms with E-state index in [9.17, 15) is 9.90 Å². The Morgan fingerprint density at radius 2 is 1.67 bits per heavy atom. The number of nitrogens with one attached hydrogen (secondary N) is 1. The molecular weight excluding hydrogens is 376 g/mol. The number of para-hydroxylation sites is 2. The molecule has 2 aliphatic rings. The molecule has 2 saturated heterocycles. The number of pyridine rings is 1. The van der Waals surface area contributed by atoms with Crippen molar-refractivity contribution in [2.45, 2.75) is 44.1 Å². The van der Waals surface area contributed by atoms with Gasteiger partial charge >= 0.3 is 0 Å². The Bertz CT molecular complexity index is 826. The maximum absolute atomic E-state index is 12.8. The van der Waals surface area contributed by atoms with Crippen molar-refractivity contribution in [2.24, 2.45) is 0 Å². The van der Waals surface area contributed by atoms with Gasteiger partial charge in [0.05, 0.1) is 23.6 Å². The van der Waals surface area contributed by atoms with Crippen LogP contribution in [0.2, 0.25) is 0 Å². The van der Waals surface area contributed by atoms with E-state index in [1.54, 1.807) is 6.20 Å². The number of hydrogen-bond donors (Lipinski definition) is 2. The molecule has 6 nitrogen and oxygen atoms in total. The van der Waals surface area contributed by atoms with Crippen LogP contribution in [0.15, 0.2) is 48.7 Å². The third-order valence-corrected chi connectivity index (χ3v) is 6.32. The van der Waals surface area contributed by atoms with Crippen LogP contribution in [0.1, 0.15) is 44.2 Å². The molecule has 0 aliphatic carbocycles. The van der Waals surface area contributed by atoms with Crippen LogP contribution < -0.4 is 10.2 Å². The van der Waals surface area contributed by atoms with E-state index in [0.29, 0.717) is 32.5 Å². The fraction of sp³-hybridized carbons (Fsp3) is 0.500. The van der Waals surface area contributed by atoms with Crippen LogP contribution in [0.3, 0.4) is 0 Å². The van der Waals surface area contributed by atoms with E-state index in [-0.39, 0.29) is 5.91 Å². The summed E-state index contributed by atoms with van der Waals surface area (Å²) in [5, 5.41) is 14.1. The molecule has 2 aliphatic heterocycles. The van der Waals surface area contributed by atoms with Gasteiger partial charge in [-0.2, -0.15) is 0 Å². The summed E-state index contributed by atoms with van der Waals surface area (Å²) < 4.78 is 0. The molecule has 1 aromatic heterocycles. The van der Waals surface area contributed by atoms with Crippen molar-refractivity contribution in [2.75, 3.05) is 42.9 Å². The molecule has 0 saturated carbocycles. The first-order chi connectivity index (χ1) is 14.6. The number of aromatic nitrogens is 1. The molecule has 30 heavy (non-hydrogen) atoms. The molecule has 0 atom stereocenters. The lowest BCUT2D eigenvalue weighted by Crippen LogP contribution is -2.45. The molecule has 2 aromatic rings. The third kappa shape index (κ3) is 4.99. The average molecular weight is 409 g/mol. The lowest BCUT2D eigenvalue weighted by Gasteiger charge is -2.37. The summed E-state index contributed by atoms with van der Waals surface area (Å²) in [5.74, 6) is 0.000507. The fourth-order valence-electron chi connectivity index (χ4n) is 4.53. The molecule has 1 amide bonds. The van der Waals surface area contributed by atoms with Crippen molar-refractivity contribution in [1.82, 2.24) is 9.88 Å². The Balaban J connectivity index is 1.34. The van der Waals surface area contributed by atoms with Crippen molar-refractivity contribution in [3.8, 4) is 0 Å². The van der Waals surface area contributed by atoms with Gasteiger partial charge in [0.1, 0.15) is 5.60 Å². The molecule has 0 spiro atoms. The van der Waals surface area contributed by atoms with Crippen molar-refractivity contribution >= 4 is 17.3 Å².